The number of pyridine rings is 1. The summed E-state index contributed by atoms with van der Waals surface area (Å²) in [5, 5.41) is 5.85. The summed E-state index contributed by atoms with van der Waals surface area (Å²) < 4.78 is 11.5. The molecule has 1 N–H and O–H groups in total. The van der Waals surface area contributed by atoms with Gasteiger partial charge in [-0.25, -0.2) is 4.98 Å². The number of aromatic nitrogens is 1. The quantitative estimate of drug-likeness (QED) is 0.436. The van der Waals surface area contributed by atoms with Crippen LogP contribution in [0.5, 0.6) is 11.5 Å². The lowest BCUT2D eigenvalue weighted by atomic mass is 9.75. The third kappa shape index (κ3) is 3.10. The monoisotopic (exact) mass is 410 g/mol. The number of rotatable bonds is 5. The zero-order valence-electron chi connectivity index (χ0n) is 18.1. The fourth-order valence-corrected chi connectivity index (χ4v) is 4.85. The van der Waals surface area contributed by atoms with Crippen molar-refractivity contribution in [2.75, 3.05) is 26.1 Å². The summed E-state index contributed by atoms with van der Waals surface area (Å²) in [4.78, 5) is 5.16. The predicted molar refractivity (Wildman–Crippen MR) is 126 cm³/mol. The normalized spacial score (nSPS) is 14.6. The van der Waals surface area contributed by atoms with Crippen molar-refractivity contribution in [3.63, 3.8) is 0 Å². The number of ether oxygens (including phenoxy) is 2. The number of para-hydroxylation sites is 1. The highest BCUT2D eigenvalue weighted by atomic mass is 16.5. The van der Waals surface area contributed by atoms with Crippen molar-refractivity contribution in [3.8, 4) is 22.8 Å². The molecule has 0 radical (unpaired) electrons. The third-order valence-corrected chi connectivity index (χ3v) is 6.15. The number of nitrogens with zero attached hydrogens (tertiary/aromatic N) is 1. The Hall–Kier alpha value is -3.53. The molecule has 1 atom stereocenters. The van der Waals surface area contributed by atoms with E-state index in [0.717, 1.165) is 46.9 Å². The van der Waals surface area contributed by atoms with Crippen molar-refractivity contribution in [1.82, 2.24) is 4.98 Å². The van der Waals surface area contributed by atoms with Crippen LogP contribution in [0.2, 0.25) is 0 Å². The lowest BCUT2D eigenvalue weighted by Gasteiger charge is -2.31. The Bertz CT molecular complexity index is 1270. The predicted octanol–water partition coefficient (Wildman–Crippen LogP) is 6.04. The van der Waals surface area contributed by atoms with E-state index in [4.69, 9.17) is 14.5 Å². The highest BCUT2D eigenvalue weighted by molar-refractivity contribution is 5.99. The van der Waals surface area contributed by atoms with Gasteiger partial charge in [0.25, 0.3) is 0 Å². The van der Waals surface area contributed by atoms with E-state index >= 15 is 0 Å². The molecule has 0 saturated carbocycles. The first-order valence-corrected chi connectivity index (χ1v) is 10.7. The molecular formula is C27H26N2O2. The van der Waals surface area contributed by atoms with Gasteiger partial charge in [-0.15, -0.1) is 0 Å². The zero-order valence-corrected chi connectivity index (χ0v) is 18.1. The van der Waals surface area contributed by atoms with E-state index in [1.54, 1.807) is 14.2 Å². The van der Waals surface area contributed by atoms with Gasteiger partial charge in [0.1, 0.15) is 5.82 Å². The van der Waals surface area contributed by atoms with E-state index in [-0.39, 0.29) is 5.92 Å². The molecule has 156 valence electrons. The van der Waals surface area contributed by atoms with Crippen LogP contribution in [-0.2, 0) is 6.42 Å². The second-order valence-corrected chi connectivity index (χ2v) is 7.80. The molecule has 0 bridgehead atoms. The number of nitrogens with one attached hydrogen (secondary N) is 1. The molecule has 1 aliphatic carbocycles. The van der Waals surface area contributed by atoms with Gasteiger partial charge in [0.05, 0.1) is 19.9 Å². The Kier molecular flexibility index (Phi) is 4.99. The van der Waals surface area contributed by atoms with Crippen LogP contribution in [0, 0.1) is 0 Å². The summed E-state index contributed by atoms with van der Waals surface area (Å²) in [6.45, 7) is 2.93. The van der Waals surface area contributed by atoms with Crippen molar-refractivity contribution in [1.29, 1.82) is 0 Å². The van der Waals surface area contributed by atoms with Gasteiger partial charge in [0, 0.05) is 29.0 Å². The molecule has 31 heavy (non-hydrogen) atoms. The molecule has 1 aromatic heterocycles. The largest absolute Gasteiger partial charge is 0.493 e. The van der Waals surface area contributed by atoms with Crippen molar-refractivity contribution in [3.05, 3.63) is 83.4 Å². The van der Waals surface area contributed by atoms with Crippen LogP contribution in [0.1, 0.15) is 29.5 Å². The molecule has 4 heteroatoms. The van der Waals surface area contributed by atoms with Gasteiger partial charge in [-0.3, -0.25) is 0 Å². The molecule has 1 unspecified atom stereocenters. The van der Waals surface area contributed by atoms with Gasteiger partial charge in [-0.2, -0.15) is 0 Å². The van der Waals surface area contributed by atoms with Crippen molar-refractivity contribution in [2.45, 2.75) is 19.3 Å². The van der Waals surface area contributed by atoms with Crippen molar-refractivity contribution >= 4 is 16.6 Å². The highest BCUT2D eigenvalue weighted by Gasteiger charge is 2.32. The van der Waals surface area contributed by atoms with Crippen LogP contribution in [0.25, 0.3) is 22.0 Å². The molecule has 0 spiro atoms. The van der Waals surface area contributed by atoms with E-state index in [2.05, 4.69) is 66.8 Å². The van der Waals surface area contributed by atoms with E-state index in [1.165, 1.54) is 22.1 Å². The summed E-state index contributed by atoms with van der Waals surface area (Å²) in [7, 11) is 3.40. The van der Waals surface area contributed by atoms with Crippen molar-refractivity contribution in [2.24, 2.45) is 0 Å². The van der Waals surface area contributed by atoms with Gasteiger partial charge in [0.15, 0.2) is 11.5 Å². The van der Waals surface area contributed by atoms with Crippen LogP contribution in [0.15, 0.2) is 66.7 Å². The maximum Gasteiger partial charge on any atom is 0.164 e. The minimum Gasteiger partial charge on any atom is -0.493 e. The first kappa shape index (κ1) is 19.4. The summed E-state index contributed by atoms with van der Waals surface area (Å²) in [6.07, 6.45) is 0.888. The molecule has 1 heterocycles. The molecule has 4 nitrogen and oxygen atoms in total. The third-order valence-electron chi connectivity index (χ3n) is 6.15. The Morgan fingerprint density at radius 3 is 2.45 bits per heavy atom. The Balaban J connectivity index is 1.86. The number of anilines is 1. The van der Waals surface area contributed by atoms with E-state index in [9.17, 15) is 0 Å². The van der Waals surface area contributed by atoms with Crippen molar-refractivity contribution < 1.29 is 9.47 Å². The minimum absolute atomic E-state index is 0.114. The SMILES string of the molecule is CCNc1nc2c(c3ccccc13)C(c1cccc(OC)c1OC)Cc1ccccc1-2. The molecule has 4 aromatic rings. The fraction of sp³-hybridized carbons (Fsp3) is 0.222. The maximum absolute atomic E-state index is 5.84. The lowest BCUT2D eigenvalue weighted by molar-refractivity contribution is 0.350. The Labute approximate surface area is 182 Å². The minimum atomic E-state index is 0.114. The molecule has 0 aliphatic heterocycles. The zero-order chi connectivity index (χ0) is 21.4. The number of hydrogen-bond donors (Lipinski definition) is 1. The smallest absolute Gasteiger partial charge is 0.164 e. The summed E-state index contributed by atoms with van der Waals surface area (Å²) in [5.41, 5.74) is 5.94. The average molecular weight is 411 g/mol. The standard InChI is InChI=1S/C27H26N2O2/c1-4-28-27-21-13-8-7-12-19(21)24-22(20-14-9-15-23(30-2)26(20)31-3)16-17-10-5-6-11-18(17)25(24)29-27/h5-15,22H,4,16H2,1-3H3,(H,28,29). The molecule has 5 rings (SSSR count). The second kappa shape index (κ2) is 7.95. The van der Waals surface area contributed by atoms with Crippen LogP contribution >= 0.6 is 0 Å². The Morgan fingerprint density at radius 2 is 1.68 bits per heavy atom. The van der Waals surface area contributed by atoms with Gasteiger partial charge < -0.3 is 14.8 Å². The van der Waals surface area contributed by atoms with Gasteiger partial charge in [-0.1, -0.05) is 60.7 Å². The molecule has 0 saturated heterocycles. The average Bonchev–Trinajstić information content (AvgIpc) is 2.83. The van der Waals surface area contributed by atoms with Crippen LogP contribution in [-0.4, -0.2) is 25.7 Å². The molecule has 0 amide bonds. The van der Waals surface area contributed by atoms with Gasteiger partial charge in [0.2, 0.25) is 0 Å². The lowest BCUT2D eigenvalue weighted by Crippen LogP contribution is -2.16. The maximum atomic E-state index is 5.84. The first-order chi connectivity index (χ1) is 15.3. The Morgan fingerprint density at radius 1 is 0.903 bits per heavy atom. The molecule has 0 fully saturated rings. The fourth-order valence-electron chi connectivity index (χ4n) is 4.85. The number of methoxy groups -OCH3 is 2. The molecule has 1 aliphatic rings. The van der Waals surface area contributed by atoms with Gasteiger partial charge in [-0.05, 0) is 35.9 Å². The number of benzene rings is 3. The summed E-state index contributed by atoms with van der Waals surface area (Å²) in [5.74, 6) is 2.59. The van der Waals surface area contributed by atoms with Crippen LogP contribution in [0.3, 0.4) is 0 Å². The van der Waals surface area contributed by atoms with E-state index < -0.39 is 0 Å². The summed E-state index contributed by atoms with van der Waals surface area (Å²) in [6, 6.07) is 23.3. The summed E-state index contributed by atoms with van der Waals surface area (Å²) >= 11 is 0. The highest BCUT2D eigenvalue weighted by Crippen LogP contribution is 2.49. The topological polar surface area (TPSA) is 43.4 Å². The molecule has 3 aromatic carbocycles. The van der Waals surface area contributed by atoms with Crippen LogP contribution in [0.4, 0.5) is 5.82 Å². The van der Waals surface area contributed by atoms with Crippen LogP contribution < -0.4 is 14.8 Å². The first-order valence-electron chi connectivity index (χ1n) is 10.7. The van der Waals surface area contributed by atoms with E-state index in [0.29, 0.717) is 0 Å². The number of fused-ring (bicyclic) bond motifs is 5. The number of hydrogen-bond acceptors (Lipinski definition) is 4. The van der Waals surface area contributed by atoms with Gasteiger partial charge >= 0.3 is 0 Å². The molecular weight excluding hydrogens is 384 g/mol. The second-order valence-electron chi connectivity index (χ2n) is 7.80. The van der Waals surface area contributed by atoms with E-state index in [1.807, 2.05) is 12.1 Å².